The standard InChI is InChI=1S/C17H34N4O2.HI/c1-5-18-17(19-8-9-20(4)14(2)3)21-10-12-23-16(13-21)15-7-6-11-22-15;/h14-16H,5-13H2,1-4H3,(H,18,19);1H. The van der Waals surface area contributed by atoms with Crippen LogP contribution in [-0.4, -0.2) is 87.0 Å². The van der Waals surface area contributed by atoms with Gasteiger partial charge in [0.2, 0.25) is 0 Å². The molecule has 2 fully saturated rings. The molecular formula is C17H35IN4O2. The van der Waals surface area contributed by atoms with Gasteiger partial charge < -0.3 is 24.6 Å². The average Bonchev–Trinajstić information content (AvgIpc) is 3.08. The Morgan fingerprint density at radius 1 is 1.29 bits per heavy atom. The number of hydrogen-bond donors (Lipinski definition) is 1. The quantitative estimate of drug-likeness (QED) is 0.377. The zero-order valence-corrected chi connectivity index (χ0v) is 18.0. The summed E-state index contributed by atoms with van der Waals surface area (Å²) in [5, 5.41) is 3.43. The van der Waals surface area contributed by atoms with Gasteiger partial charge in [0.25, 0.3) is 0 Å². The van der Waals surface area contributed by atoms with E-state index < -0.39 is 0 Å². The molecule has 0 aromatic carbocycles. The lowest BCUT2D eigenvalue weighted by Gasteiger charge is -2.37. The number of rotatable bonds is 6. The summed E-state index contributed by atoms with van der Waals surface area (Å²) in [6, 6.07) is 0.556. The number of ether oxygens (including phenoxy) is 2. The first-order chi connectivity index (χ1) is 11.1. The maximum atomic E-state index is 5.94. The molecular weight excluding hydrogens is 419 g/mol. The molecule has 2 aliphatic rings. The summed E-state index contributed by atoms with van der Waals surface area (Å²) in [6.07, 6.45) is 2.70. The summed E-state index contributed by atoms with van der Waals surface area (Å²) in [7, 11) is 2.15. The van der Waals surface area contributed by atoms with E-state index in [1.54, 1.807) is 0 Å². The molecule has 2 heterocycles. The van der Waals surface area contributed by atoms with Gasteiger partial charge in [-0.3, -0.25) is 4.99 Å². The molecule has 2 aliphatic heterocycles. The maximum absolute atomic E-state index is 5.94. The van der Waals surface area contributed by atoms with Crippen LogP contribution in [0.3, 0.4) is 0 Å². The predicted octanol–water partition coefficient (Wildman–Crippen LogP) is 1.79. The van der Waals surface area contributed by atoms with E-state index in [0.717, 1.165) is 64.7 Å². The molecule has 2 atom stereocenters. The number of nitrogens with zero attached hydrogens (tertiary/aromatic N) is 3. The van der Waals surface area contributed by atoms with Gasteiger partial charge in [-0.25, -0.2) is 0 Å². The second-order valence-electron chi connectivity index (χ2n) is 6.72. The van der Waals surface area contributed by atoms with Crippen molar-refractivity contribution in [2.75, 3.05) is 53.0 Å². The molecule has 0 radical (unpaired) electrons. The Kier molecular flexibility index (Phi) is 10.5. The minimum Gasteiger partial charge on any atom is -0.375 e. The van der Waals surface area contributed by atoms with Crippen LogP contribution in [0, 0.1) is 0 Å². The number of halogens is 1. The van der Waals surface area contributed by atoms with Gasteiger partial charge in [0.15, 0.2) is 5.96 Å². The Morgan fingerprint density at radius 3 is 2.67 bits per heavy atom. The minimum atomic E-state index is 0. The van der Waals surface area contributed by atoms with E-state index in [4.69, 9.17) is 14.5 Å². The molecule has 2 unspecified atom stereocenters. The summed E-state index contributed by atoms with van der Waals surface area (Å²) in [5.74, 6) is 1.01. The fraction of sp³-hybridized carbons (Fsp3) is 0.941. The minimum absolute atomic E-state index is 0. The molecule has 0 saturated carbocycles. The molecule has 0 spiro atoms. The molecule has 24 heavy (non-hydrogen) atoms. The van der Waals surface area contributed by atoms with Crippen molar-refractivity contribution in [1.82, 2.24) is 15.1 Å². The third-order valence-electron chi connectivity index (χ3n) is 4.70. The van der Waals surface area contributed by atoms with Crippen molar-refractivity contribution in [1.29, 1.82) is 0 Å². The van der Waals surface area contributed by atoms with Crippen LogP contribution >= 0.6 is 24.0 Å². The summed E-state index contributed by atoms with van der Waals surface area (Å²) >= 11 is 0. The van der Waals surface area contributed by atoms with Crippen LogP contribution in [-0.2, 0) is 9.47 Å². The number of hydrogen-bond acceptors (Lipinski definition) is 4. The summed E-state index contributed by atoms with van der Waals surface area (Å²) in [6.45, 7) is 12.6. The average molecular weight is 454 g/mol. The molecule has 0 amide bonds. The van der Waals surface area contributed by atoms with Gasteiger partial charge in [-0.1, -0.05) is 0 Å². The predicted molar refractivity (Wildman–Crippen MR) is 109 cm³/mol. The highest BCUT2D eigenvalue weighted by Gasteiger charge is 2.32. The fourth-order valence-electron chi connectivity index (χ4n) is 2.99. The molecule has 0 aliphatic carbocycles. The summed E-state index contributed by atoms with van der Waals surface area (Å²) in [5.41, 5.74) is 0. The van der Waals surface area contributed by atoms with E-state index in [1.807, 2.05) is 0 Å². The van der Waals surface area contributed by atoms with Crippen LogP contribution in [0.4, 0.5) is 0 Å². The number of aliphatic imine (C=N–C) groups is 1. The van der Waals surface area contributed by atoms with Crippen molar-refractivity contribution in [3.63, 3.8) is 0 Å². The van der Waals surface area contributed by atoms with Crippen molar-refractivity contribution in [3.8, 4) is 0 Å². The second-order valence-corrected chi connectivity index (χ2v) is 6.72. The van der Waals surface area contributed by atoms with Crippen molar-refractivity contribution in [2.24, 2.45) is 4.99 Å². The Hall–Kier alpha value is -0.120. The van der Waals surface area contributed by atoms with Crippen molar-refractivity contribution >= 4 is 29.9 Å². The Bertz CT molecular complexity index is 376. The molecule has 0 bridgehead atoms. The highest BCUT2D eigenvalue weighted by molar-refractivity contribution is 14.0. The lowest BCUT2D eigenvalue weighted by atomic mass is 10.1. The van der Waals surface area contributed by atoms with Crippen molar-refractivity contribution in [2.45, 2.75) is 51.9 Å². The Balaban J connectivity index is 0.00000288. The van der Waals surface area contributed by atoms with Gasteiger partial charge in [-0.2, -0.15) is 0 Å². The largest absolute Gasteiger partial charge is 0.375 e. The third-order valence-corrected chi connectivity index (χ3v) is 4.70. The zero-order chi connectivity index (χ0) is 16.7. The van der Waals surface area contributed by atoms with Crippen LogP contribution in [0.1, 0.15) is 33.6 Å². The summed E-state index contributed by atoms with van der Waals surface area (Å²) < 4.78 is 11.7. The highest BCUT2D eigenvalue weighted by Crippen LogP contribution is 2.21. The van der Waals surface area contributed by atoms with Crippen LogP contribution in [0.5, 0.6) is 0 Å². The highest BCUT2D eigenvalue weighted by atomic mass is 127. The van der Waals surface area contributed by atoms with Gasteiger partial charge in [0.05, 0.1) is 19.3 Å². The molecule has 142 valence electrons. The molecule has 2 saturated heterocycles. The van der Waals surface area contributed by atoms with E-state index in [-0.39, 0.29) is 36.2 Å². The number of morpholine rings is 1. The van der Waals surface area contributed by atoms with Gasteiger partial charge >= 0.3 is 0 Å². The number of guanidine groups is 1. The molecule has 1 N–H and O–H groups in total. The monoisotopic (exact) mass is 454 g/mol. The van der Waals surface area contributed by atoms with E-state index in [0.29, 0.717) is 6.04 Å². The fourth-order valence-corrected chi connectivity index (χ4v) is 2.99. The first kappa shape index (κ1) is 21.9. The SMILES string of the molecule is CCNC(=NCCN(C)C(C)C)N1CCOC(C2CCCO2)C1.I. The van der Waals surface area contributed by atoms with E-state index in [9.17, 15) is 0 Å². The van der Waals surface area contributed by atoms with Crippen molar-refractivity contribution < 1.29 is 9.47 Å². The van der Waals surface area contributed by atoms with Crippen molar-refractivity contribution in [3.05, 3.63) is 0 Å². The van der Waals surface area contributed by atoms with Crippen LogP contribution in [0.2, 0.25) is 0 Å². The first-order valence-electron chi connectivity index (χ1n) is 9.08. The molecule has 0 aromatic heterocycles. The lowest BCUT2D eigenvalue weighted by Crippen LogP contribution is -2.53. The second kappa shape index (κ2) is 11.5. The zero-order valence-electron chi connectivity index (χ0n) is 15.7. The first-order valence-corrected chi connectivity index (χ1v) is 9.08. The van der Waals surface area contributed by atoms with Crippen LogP contribution < -0.4 is 5.32 Å². The van der Waals surface area contributed by atoms with Gasteiger partial charge in [0.1, 0.15) is 6.10 Å². The number of nitrogens with one attached hydrogen (secondary N) is 1. The lowest BCUT2D eigenvalue weighted by molar-refractivity contribution is -0.0817. The Labute approximate surface area is 164 Å². The molecule has 7 heteroatoms. The van der Waals surface area contributed by atoms with E-state index >= 15 is 0 Å². The van der Waals surface area contributed by atoms with Crippen LogP contribution in [0.25, 0.3) is 0 Å². The third kappa shape index (κ3) is 6.65. The summed E-state index contributed by atoms with van der Waals surface area (Å²) in [4.78, 5) is 9.46. The van der Waals surface area contributed by atoms with Gasteiger partial charge in [-0.05, 0) is 40.7 Å². The number of likely N-dealkylation sites (N-methyl/N-ethyl adjacent to an activating group) is 1. The molecule has 0 aromatic rings. The smallest absolute Gasteiger partial charge is 0.194 e. The van der Waals surface area contributed by atoms with Crippen LogP contribution in [0.15, 0.2) is 4.99 Å². The molecule has 2 rings (SSSR count). The normalized spacial score (nSPS) is 25.2. The van der Waals surface area contributed by atoms with Gasteiger partial charge in [0, 0.05) is 38.8 Å². The topological polar surface area (TPSA) is 49.3 Å². The van der Waals surface area contributed by atoms with E-state index in [2.05, 4.69) is 42.9 Å². The Morgan fingerprint density at radius 2 is 2.04 bits per heavy atom. The maximum Gasteiger partial charge on any atom is 0.194 e. The van der Waals surface area contributed by atoms with E-state index in [1.165, 1.54) is 0 Å². The van der Waals surface area contributed by atoms with Gasteiger partial charge in [-0.15, -0.1) is 24.0 Å². The molecule has 6 nitrogen and oxygen atoms in total.